The van der Waals surface area contributed by atoms with Crippen molar-refractivity contribution in [3.05, 3.63) is 0 Å². The molecule has 0 amide bonds. The van der Waals surface area contributed by atoms with Gasteiger partial charge in [-0.3, -0.25) is 0 Å². The highest BCUT2D eigenvalue weighted by atomic mass is 79.9. The fraction of sp³-hybridized carbons (Fsp3) is 1.00. The van der Waals surface area contributed by atoms with E-state index in [1.165, 1.54) is 17.9 Å². The van der Waals surface area contributed by atoms with Gasteiger partial charge in [0.25, 0.3) is 0 Å². The van der Waals surface area contributed by atoms with Crippen molar-refractivity contribution < 1.29 is 0 Å². The van der Waals surface area contributed by atoms with Crippen LogP contribution in [0.1, 0.15) is 20.3 Å². The molecule has 2 unspecified atom stereocenters. The maximum atomic E-state index is 3.71. The van der Waals surface area contributed by atoms with Gasteiger partial charge >= 0.3 is 0 Å². The Kier molecular flexibility index (Phi) is 3.58. The summed E-state index contributed by atoms with van der Waals surface area (Å²) < 4.78 is 0. The smallest absolute Gasteiger partial charge is 0.0272 e. The standard InChI is InChI=1S/C8H15BrS/c1-6(2)3-7-4-10-5-8(7)9/h6-8H,3-5H2,1-2H3. The molecule has 0 nitrogen and oxygen atoms in total. The van der Waals surface area contributed by atoms with Crippen molar-refractivity contribution in [2.75, 3.05) is 11.5 Å². The van der Waals surface area contributed by atoms with E-state index in [-0.39, 0.29) is 0 Å². The Morgan fingerprint density at radius 1 is 1.50 bits per heavy atom. The van der Waals surface area contributed by atoms with Crippen molar-refractivity contribution in [2.45, 2.75) is 25.1 Å². The fourth-order valence-electron chi connectivity index (χ4n) is 1.39. The second kappa shape index (κ2) is 4.01. The molecule has 0 radical (unpaired) electrons. The van der Waals surface area contributed by atoms with Crippen molar-refractivity contribution in [1.82, 2.24) is 0 Å². The number of hydrogen-bond donors (Lipinski definition) is 0. The molecule has 1 rings (SSSR count). The molecule has 60 valence electrons. The molecular weight excluding hydrogens is 208 g/mol. The van der Waals surface area contributed by atoms with E-state index in [9.17, 15) is 0 Å². The Morgan fingerprint density at radius 3 is 2.60 bits per heavy atom. The van der Waals surface area contributed by atoms with Gasteiger partial charge in [-0.05, 0) is 24.0 Å². The van der Waals surface area contributed by atoms with Gasteiger partial charge in [-0.15, -0.1) is 0 Å². The van der Waals surface area contributed by atoms with Crippen LogP contribution in [-0.4, -0.2) is 16.3 Å². The van der Waals surface area contributed by atoms with Gasteiger partial charge in [-0.2, -0.15) is 11.8 Å². The van der Waals surface area contributed by atoms with Crippen molar-refractivity contribution in [2.24, 2.45) is 11.8 Å². The zero-order valence-electron chi connectivity index (χ0n) is 6.64. The third-order valence-electron chi connectivity index (χ3n) is 1.89. The zero-order chi connectivity index (χ0) is 7.56. The van der Waals surface area contributed by atoms with Crippen molar-refractivity contribution in [3.63, 3.8) is 0 Å². The van der Waals surface area contributed by atoms with Gasteiger partial charge in [-0.1, -0.05) is 29.8 Å². The first-order valence-electron chi connectivity index (χ1n) is 3.92. The third kappa shape index (κ3) is 2.46. The summed E-state index contributed by atoms with van der Waals surface area (Å²) in [6.45, 7) is 4.62. The second-order valence-corrected chi connectivity index (χ2v) is 5.69. The van der Waals surface area contributed by atoms with Crippen LogP contribution >= 0.6 is 27.7 Å². The maximum absolute atomic E-state index is 3.71. The number of thioether (sulfide) groups is 1. The van der Waals surface area contributed by atoms with E-state index in [1.54, 1.807) is 0 Å². The molecule has 0 bridgehead atoms. The number of hydrogen-bond acceptors (Lipinski definition) is 1. The van der Waals surface area contributed by atoms with E-state index in [2.05, 4.69) is 41.5 Å². The number of alkyl halides is 1. The van der Waals surface area contributed by atoms with Crippen LogP contribution in [0.5, 0.6) is 0 Å². The van der Waals surface area contributed by atoms with E-state index in [0.29, 0.717) is 0 Å². The molecule has 0 N–H and O–H groups in total. The first kappa shape index (κ1) is 8.92. The minimum Gasteiger partial charge on any atom is -0.161 e. The molecule has 0 aromatic heterocycles. The molecule has 0 aromatic rings. The van der Waals surface area contributed by atoms with E-state index < -0.39 is 0 Å². The van der Waals surface area contributed by atoms with Crippen LogP contribution < -0.4 is 0 Å². The highest BCUT2D eigenvalue weighted by Gasteiger charge is 2.25. The Bertz CT molecular complexity index is 103. The van der Waals surface area contributed by atoms with Crippen LogP contribution in [-0.2, 0) is 0 Å². The maximum Gasteiger partial charge on any atom is 0.0272 e. The topological polar surface area (TPSA) is 0 Å². The number of rotatable bonds is 2. The van der Waals surface area contributed by atoms with Crippen LogP contribution in [0.15, 0.2) is 0 Å². The largest absolute Gasteiger partial charge is 0.161 e. The summed E-state index contributed by atoms with van der Waals surface area (Å²) in [6, 6.07) is 0. The lowest BCUT2D eigenvalue weighted by atomic mass is 9.97. The van der Waals surface area contributed by atoms with Crippen LogP contribution in [0.2, 0.25) is 0 Å². The molecule has 0 spiro atoms. The average Bonchev–Trinajstić information content (AvgIpc) is 2.15. The molecule has 2 heteroatoms. The molecule has 10 heavy (non-hydrogen) atoms. The van der Waals surface area contributed by atoms with Crippen LogP contribution in [0.3, 0.4) is 0 Å². The van der Waals surface area contributed by atoms with Crippen LogP contribution in [0, 0.1) is 11.8 Å². The van der Waals surface area contributed by atoms with Crippen molar-refractivity contribution >= 4 is 27.7 Å². The lowest BCUT2D eigenvalue weighted by Gasteiger charge is -2.14. The Hall–Kier alpha value is 0.830. The second-order valence-electron chi connectivity index (χ2n) is 3.44. The first-order valence-corrected chi connectivity index (χ1v) is 5.99. The summed E-state index contributed by atoms with van der Waals surface area (Å²) in [4.78, 5) is 0.792. The molecule has 0 aromatic carbocycles. The zero-order valence-corrected chi connectivity index (χ0v) is 9.04. The van der Waals surface area contributed by atoms with E-state index >= 15 is 0 Å². The third-order valence-corrected chi connectivity index (χ3v) is 4.65. The van der Waals surface area contributed by atoms with E-state index in [1.807, 2.05) is 0 Å². The lowest BCUT2D eigenvalue weighted by molar-refractivity contribution is 0.457. The highest BCUT2D eigenvalue weighted by Crippen LogP contribution is 2.33. The molecule has 1 fully saturated rings. The molecule has 1 aliphatic rings. The molecule has 2 atom stereocenters. The summed E-state index contributed by atoms with van der Waals surface area (Å²) in [7, 11) is 0. The van der Waals surface area contributed by atoms with Crippen LogP contribution in [0.25, 0.3) is 0 Å². The van der Waals surface area contributed by atoms with Crippen molar-refractivity contribution in [1.29, 1.82) is 0 Å². The lowest BCUT2D eigenvalue weighted by Crippen LogP contribution is -2.13. The SMILES string of the molecule is CC(C)CC1CSCC1Br. The monoisotopic (exact) mass is 222 g/mol. The molecule has 0 aliphatic carbocycles. The highest BCUT2D eigenvalue weighted by molar-refractivity contribution is 9.09. The van der Waals surface area contributed by atoms with Crippen molar-refractivity contribution in [3.8, 4) is 0 Å². The molecule has 1 saturated heterocycles. The summed E-state index contributed by atoms with van der Waals surface area (Å²) >= 11 is 5.80. The predicted octanol–water partition coefficient (Wildman–Crippen LogP) is 3.16. The summed E-state index contributed by atoms with van der Waals surface area (Å²) in [5.41, 5.74) is 0. The van der Waals surface area contributed by atoms with Crippen LogP contribution in [0.4, 0.5) is 0 Å². The van der Waals surface area contributed by atoms with Gasteiger partial charge in [0, 0.05) is 10.6 Å². The molecule has 1 aliphatic heterocycles. The molecular formula is C8H15BrS. The summed E-state index contributed by atoms with van der Waals surface area (Å²) in [6.07, 6.45) is 1.39. The summed E-state index contributed by atoms with van der Waals surface area (Å²) in [5, 5.41) is 0. The predicted molar refractivity (Wildman–Crippen MR) is 53.0 cm³/mol. The molecule has 0 saturated carbocycles. The van der Waals surface area contributed by atoms with E-state index in [4.69, 9.17) is 0 Å². The van der Waals surface area contributed by atoms with E-state index in [0.717, 1.165) is 16.7 Å². The first-order chi connectivity index (χ1) is 4.70. The summed E-state index contributed by atoms with van der Waals surface area (Å²) in [5.74, 6) is 4.49. The van der Waals surface area contributed by atoms with Gasteiger partial charge < -0.3 is 0 Å². The van der Waals surface area contributed by atoms with Gasteiger partial charge in [-0.25, -0.2) is 0 Å². The fourth-order valence-corrected chi connectivity index (χ4v) is 3.91. The Labute approximate surface area is 76.3 Å². The van der Waals surface area contributed by atoms with Gasteiger partial charge in [0.2, 0.25) is 0 Å². The Balaban J connectivity index is 2.26. The molecule has 1 heterocycles. The number of halogens is 1. The quantitative estimate of drug-likeness (QED) is 0.648. The normalized spacial score (nSPS) is 33.6. The van der Waals surface area contributed by atoms with Gasteiger partial charge in [0.15, 0.2) is 0 Å². The van der Waals surface area contributed by atoms with Gasteiger partial charge in [0.1, 0.15) is 0 Å². The minimum absolute atomic E-state index is 0.792. The Morgan fingerprint density at radius 2 is 2.20 bits per heavy atom. The average molecular weight is 223 g/mol. The van der Waals surface area contributed by atoms with Gasteiger partial charge in [0.05, 0.1) is 0 Å². The minimum atomic E-state index is 0.792.